The van der Waals surface area contributed by atoms with Gasteiger partial charge in [0.25, 0.3) is 5.69 Å². The first-order chi connectivity index (χ1) is 16.0. The molecule has 5 aromatic rings. The predicted molar refractivity (Wildman–Crippen MR) is 122 cm³/mol. The van der Waals surface area contributed by atoms with Crippen molar-refractivity contribution in [1.82, 2.24) is 34.8 Å². The van der Waals surface area contributed by atoms with Gasteiger partial charge in [-0.25, -0.2) is 14.2 Å². The van der Waals surface area contributed by atoms with E-state index in [1.807, 2.05) is 31.2 Å². The monoisotopic (exact) mass is 460 g/mol. The van der Waals surface area contributed by atoms with Crippen LogP contribution in [0.2, 0.25) is 0 Å². The zero-order chi connectivity index (χ0) is 22.9. The SMILES string of the molecule is Cc1nn2c(nc(Sc3nnnn3C)c3ccccc32)c1/C=N/Nc1ccc([N+](=O)[O-])cc1. The van der Waals surface area contributed by atoms with Gasteiger partial charge in [-0.05, 0) is 47.3 Å². The highest BCUT2D eigenvalue weighted by Gasteiger charge is 2.17. The third-order valence-corrected chi connectivity index (χ3v) is 5.92. The van der Waals surface area contributed by atoms with E-state index in [0.717, 1.165) is 27.2 Å². The van der Waals surface area contributed by atoms with Gasteiger partial charge in [0, 0.05) is 24.6 Å². The van der Waals surface area contributed by atoms with E-state index in [9.17, 15) is 10.1 Å². The molecule has 0 aliphatic carbocycles. The number of hydrogen-bond donors (Lipinski definition) is 1. The van der Waals surface area contributed by atoms with Gasteiger partial charge >= 0.3 is 0 Å². The maximum atomic E-state index is 10.8. The Morgan fingerprint density at radius 3 is 2.70 bits per heavy atom. The molecule has 0 bridgehead atoms. The number of nitrogens with one attached hydrogen (secondary N) is 1. The topological polar surface area (TPSA) is 141 Å². The molecule has 0 aliphatic rings. The number of aryl methyl sites for hydroxylation is 2. The predicted octanol–water partition coefficient (Wildman–Crippen LogP) is 3.22. The minimum atomic E-state index is -0.446. The second-order valence-corrected chi connectivity index (χ2v) is 7.99. The number of rotatable bonds is 6. The molecule has 1 N–H and O–H groups in total. The molecule has 0 radical (unpaired) electrons. The Labute approximate surface area is 190 Å². The highest BCUT2D eigenvalue weighted by atomic mass is 32.2. The van der Waals surface area contributed by atoms with Crippen LogP contribution in [-0.4, -0.2) is 45.9 Å². The fraction of sp³-hybridized carbons (Fsp3) is 0.100. The molecule has 33 heavy (non-hydrogen) atoms. The summed E-state index contributed by atoms with van der Waals surface area (Å²) in [7, 11) is 1.77. The summed E-state index contributed by atoms with van der Waals surface area (Å²) in [5.41, 5.74) is 6.55. The molecule has 0 spiro atoms. The van der Waals surface area contributed by atoms with E-state index in [1.165, 1.54) is 23.9 Å². The number of hydrazone groups is 1. The van der Waals surface area contributed by atoms with E-state index in [0.29, 0.717) is 16.5 Å². The maximum Gasteiger partial charge on any atom is 0.269 e. The highest BCUT2D eigenvalue weighted by Crippen LogP contribution is 2.32. The van der Waals surface area contributed by atoms with Crippen molar-refractivity contribution in [3.05, 3.63) is 69.9 Å². The quantitative estimate of drug-likeness (QED) is 0.175. The molecular formula is C20H16N10O2S. The fourth-order valence-corrected chi connectivity index (χ4v) is 4.08. The lowest BCUT2D eigenvalue weighted by Gasteiger charge is -2.07. The molecule has 3 aromatic heterocycles. The minimum absolute atomic E-state index is 0.0159. The summed E-state index contributed by atoms with van der Waals surface area (Å²) in [5, 5.41) is 33.7. The number of hydrogen-bond acceptors (Lipinski definition) is 10. The van der Waals surface area contributed by atoms with Crippen LogP contribution in [0.25, 0.3) is 16.6 Å². The van der Waals surface area contributed by atoms with Crippen LogP contribution in [0.1, 0.15) is 11.3 Å². The lowest BCUT2D eigenvalue weighted by molar-refractivity contribution is -0.384. The van der Waals surface area contributed by atoms with Crippen molar-refractivity contribution in [3.63, 3.8) is 0 Å². The summed E-state index contributed by atoms with van der Waals surface area (Å²) in [5.74, 6) is 0. The van der Waals surface area contributed by atoms with Crippen LogP contribution in [0, 0.1) is 17.0 Å². The Bertz CT molecular complexity index is 1520. The van der Waals surface area contributed by atoms with Gasteiger partial charge in [0.2, 0.25) is 5.16 Å². The average Bonchev–Trinajstić information content (AvgIpc) is 3.37. The first-order valence-electron chi connectivity index (χ1n) is 9.73. The van der Waals surface area contributed by atoms with E-state index in [4.69, 9.17) is 4.98 Å². The second kappa shape index (κ2) is 8.27. The number of anilines is 1. The standard InChI is InChI=1S/C20H16N10O2S/c1-12-16(11-21-23-13-7-9-14(10-8-13)30(31)32)18-22-19(33-20-24-26-27-28(20)2)15-5-3-4-6-17(15)29(18)25-12/h3-11,23H,1-2H3/b21-11+. The van der Waals surface area contributed by atoms with Crippen molar-refractivity contribution in [1.29, 1.82) is 0 Å². The number of tetrazole rings is 1. The largest absolute Gasteiger partial charge is 0.278 e. The van der Waals surface area contributed by atoms with Crippen LogP contribution < -0.4 is 5.43 Å². The van der Waals surface area contributed by atoms with Crippen LogP contribution in [0.5, 0.6) is 0 Å². The van der Waals surface area contributed by atoms with Crippen molar-refractivity contribution in [2.24, 2.45) is 12.1 Å². The Hall–Kier alpha value is -4.39. The molecule has 0 fully saturated rings. The van der Waals surface area contributed by atoms with Gasteiger partial charge in [-0.3, -0.25) is 15.5 Å². The van der Waals surface area contributed by atoms with Crippen molar-refractivity contribution in [2.75, 3.05) is 5.43 Å². The van der Waals surface area contributed by atoms with Gasteiger partial charge in [0.1, 0.15) is 5.03 Å². The molecule has 0 unspecified atom stereocenters. The van der Waals surface area contributed by atoms with E-state index in [-0.39, 0.29) is 5.69 Å². The third kappa shape index (κ3) is 3.85. The Morgan fingerprint density at radius 1 is 1.18 bits per heavy atom. The van der Waals surface area contributed by atoms with E-state index < -0.39 is 4.92 Å². The zero-order valence-corrected chi connectivity index (χ0v) is 18.3. The molecule has 5 rings (SSSR count). The molecule has 3 heterocycles. The molecule has 12 nitrogen and oxygen atoms in total. The van der Waals surface area contributed by atoms with Crippen molar-refractivity contribution in [2.45, 2.75) is 17.1 Å². The van der Waals surface area contributed by atoms with Crippen molar-refractivity contribution in [3.8, 4) is 0 Å². The summed E-state index contributed by atoms with van der Waals surface area (Å²) < 4.78 is 3.38. The minimum Gasteiger partial charge on any atom is -0.278 e. The van der Waals surface area contributed by atoms with Gasteiger partial charge in [0.15, 0.2) is 5.65 Å². The number of fused-ring (bicyclic) bond motifs is 3. The first-order valence-corrected chi connectivity index (χ1v) is 10.5. The lowest BCUT2D eigenvalue weighted by Crippen LogP contribution is -1.99. The highest BCUT2D eigenvalue weighted by molar-refractivity contribution is 7.99. The van der Waals surface area contributed by atoms with Gasteiger partial charge in [-0.1, -0.05) is 18.2 Å². The molecule has 164 valence electrons. The summed E-state index contributed by atoms with van der Waals surface area (Å²) in [6.07, 6.45) is 1.64. The number of nitrogens with zero attached hydrogens (tertiary/aromatic N) is 9. The zero-order valence-electron chi connectivity index (χ0n) is 17.4. The summed E-state index contributed by atoms with van der Waals surface area (Å²) in [6, 6.07) is 13.9. The molecule has 0 saturated heterocycles. The van der Waals surface area contributed by atoms with E-state index in [1.54, 1.807) is 34.6 Å². The van der Waals surface area contributed by atoms with Crippen LogP contribution in [0.15, 0.2) is 63.8 Å². The fourth-order valence-electron chi connectivity index (χ4n) is 3.25. The Balaban J connectivity index is 1.54. The second-order valence-electron chi connectivity index (χ2n) is 7.03. The Morgan fingerprint density at radius 2 is 1.97 bits per heavy atom. The average molecular weight is 460 g/mol. The smallest absolute Gasteiger partial charge is 0.269 e. The van der Waals surface area contributed by atoms with Crippen molar-refractivity contribution >= 4 is 45.9 Å². The molecule has 13 heteroatoms. The summed E-state index contributed by atoms with van der Waals surface area (Å²) >= 11 is 1.37. The van der Waals surface area contributed by atoms with Crippen LogP contribution in [0.3, 0.4) is 0 Å². The molecule has 0 amide bonds. The maximum absolute atomic E-state index is 10.8. The van der Waals surface area contributed by atoms with Crippen LogP contribution in [-0.2, 0) is 7.05 Å². The normalized spacial score (nSPS) is 11.6. The van der Waals surface area contributed by atoms with Crippen LogP contribution in [0.4, 0.5) is 11.4 Å². The molecule has 2 aromatic carbocycles. The number of nitro groups is 1. The number of nitro benzene ring substituents is 1. The van der Waals surface area contributed by atoms with Gasteiger partial charge in [-0.2, -0.15) is 10.2 Å². The number of non-ortho nitro benzene ring substituents is 1. The van der Waals surface area contributed by atoms with Crippen LogP contribution >= 0.6 is 11.8 Å². The van der Waals surface area contributed by atoms with Gasteiger partial charge in [0.05, 0.1) is 33.6 Å². The first kappa shape index (κ1) is 20.5. The lowest BCUT2D eigenvalue weighted by atomic mass is 10.2. The molecule has 0 aliphatic heterocycles. The summed E-state index contributed by atoms with van der Waals surface area (Å²) in [4.78, 5) is 15.2. The van der Waals surface area contributed by atoms with Crippen molar-refractivity contribution < 1.29 is 4.92 Å². The number of benzene rings is 2. The van der Waals surface area contributed by atoms with E-state index >= 15 is 0 Å². The van der Waals surface area contributed by atoms with Gasteiger partial charge in [-0.15, -0.1) is 5.10 Å². The summed E-state index contributed by atoms with van der Waals surface area (Å²) in [6.45, 7) is 1.89. The molecule has 0 saturated carbocycles. The number of aromatic nitrogens is 7. The Kier molecular flexibility index (Phi) is 5.14. The third-order valence-electron chi connectivity index (χ3n) is 4.89. The molecule has 0 atom stereocenters. The van der Waals surface area contributed by atoms with Gasteiger partial charge < -0.3 is 0 Å². The number of para-hydroxylation sites is 1. The van der Waals surface area contributed by atoms with E-state index in [2.05, 4.69) is 31.2 Å². The molecular weight excluding hydrogens is 444 g/mol.